The van der Waals surface area contributed by atoms with Crippen molar-refractivity contribution in [2.75, 3.05) is 24.5 Å². The Labute approximate surface area is 242 Å². The number of nitrogens with one attached hydrogen (secondary N) is 2. The zero-order valence-corrected chi connectivity index (χ0v) is 24.4. The second-order valence-electron chi connectivity index (χ2n) is 9.47. The van der Waals surface area contributed by atoms with E-state index in [1.165, 1.54) is 5.70 Å². The van der Waals surface area contributed by atoms with Crippen molar-refractivity contribution in [1.82, 2.24) is 15.6 Å². The van der Waals surface area contributed by atoms with Crippen LogP contribution in [0.2, 0.25) is 10.0 Å². The molecule has 1 unspecified atom stereocenters. The molecule has 39 heavy (non-hydrogen) atoms. The van der Waals surface area contributed by atoms with Crippen LogP contribution in [0.4, 0.5) is 5.82 Å². The zero-order chi connectivity index (χ0) is 28.2. The summed E-state index contributed by atoms with van der Waals surface area (Å²) in [5, 5.41) is 18.0. The van der Waals surface area contributed by atoms with Gasteiger partial charge in [0.1, 0.15) is 5.82 Å². The van der Waals surface area contributed by atoms with E-state index in [2.05, 4.69) is 47.4 Å². The number of carbonyl (C=O) groups excluding carboxylic acids is 1. The molecule has 6 nitrogen and oxygen atoms in total. The standard InChI is InChI=1S/C31H38Cl2N4O2/c1-4-7-22(3)37(5-2)30-11-10-26(20-35-30)29(38)21-34-13-12-23-8-6-9-24(14-23)17-31(39)36-19-25-15-27(32)18-28(33)16-25/h6-11,14-16,18,20,29,34,38H,4-5,12-13,17,19,21H2,1-3H3,(H,36,39)/b22-7-. The minimum Gasteiger partial charge on any atom is -0.387 e. The van der Waals surface area contributed by atoms with E-state index >= 15 is 0 Å². The summed E-state index contributed by atoms with van der Waals surface area (Å²) >= 11 is 12.1. The van der Waals surface area contributed by atoms with Crippen LogP contribution in [0.1, 0.15) is 55.5 Å². The van der Waals surface area contributed by atoms with Crippen LogP contribution in [-0.4, -0.2) is 35.6 Å². The molecule has 0 bridgehead atoms. The monoisotopic (exact) mass is 568 g/mol. The van der Waals surface area contributed by atoms with Crippen molar-refractivity contribution in [3.8, 4) is 0 Å². The van der Waals surface area contributed by atoms with E-state index in [0.717, 1.165) is 47.5 Å². The normalized spacial score (nSPS) is 12.3. The van der Waals surface area contributed by atoms with Crippen molar-refractivity contribution < 1.29 is 9.90 Å². The quantitative estimate of drug-likeness (QED) is 0.200. The van der Waals surface area contributed by atoms with Crippen LogP contribution in [0.25, 0.3) is 0 Å². The van der Waals surface area contributed by atoms with Gasteiger partial charge in [0.2, 0.25) is 5.91 Å². The first kappa shape index (κ1) is 30.6. The molecule has 3 rings (SSSR count). The molecule has 3 N–H and O–H groups in total. The first-order valence-corrected chi connectivity index (χ1v) is 14.1. The maximum atomic E-state index is 12.4. The fourth-order valence-electron chi connectivity index (χ4n) is 4.40. The van der Waals surface area contributed by atoms with E-state index in [0.29, 0.717) is 36.1 Å². The van der Waals surface area contributed by atoms with Gasteiger partial charge in [-0.25, -0.2) is 4.98 Å². The highest BCUT2D eigenvalue weighted by Gasteiger charge is 2.11. The lowest BCUT2D eigenvalue weighted by molar-refractivity contribution is -0.120. The van der Waals surface area contributed by atoms with E-state index in [4.69, 9.17) is 23.2 Å². The van der Waals surface area contributed by atoms with Gasteiger partial charge in [0.25, 0.3) is 0 Å². The highest BCUT2D eigenvalue weighted by atomic mass is 35.5. The summed E-state index contributed by atoms with van der Waals surface area (Å²) in [4.78, 5) is 19.2. The van der Waals surface area contributed by atoms with Crippen molar-refractivity contribution in [2.24, 2.45) is 0 Å². The van der Waals surface area contributed by atoms with Gasteiger partial charge in [0.05, 0.1) is 12.5 Å². The number of nitrogens with zero attached hydrogens (tertiary/aromatic N) is 2. The number of anilines is 1. The average molecular weight is 570 g/mol. The number of allylic oxidation sites excluding steroid dienone is 2. The van der Waals surface area contributed by atoms with Gasteiger partial charge >= 0.3 is 0 Å². The van der Waals surface area contributed by atoms with Gasteiger partial charge in [-0.2, -0.15) is 0 Å². The average Bonchev–Trinajstić information content (AvgIpc) is 2.90. The third kappa shape index (κ3) is 9.97. The molecule has 0 saturated heterocycles. The number of aromatic nitrogens is 1. The Bertz CT molecular complexity index is 1230. The van der Waals surface area contributed by atoms with Crippen molar-refractivity contribution in [1.29, 1.82) is 0 Å². The molecule has 208 valence electrons. The van der Waals surface area contributed by atoms with Gasteiger partial charge in [-0.15, -0.1) is 0 Å². The molecular formula is C31H38Cl2N4O2. The topological polar surface area (TPSA) is 77.5 Å². The predicted molar refractivity (Wildman–Crippen MR) is 161 cm³/mol. The van der Waals surface area contributed by atoms with Crippen LogP contribution in [0.3, 0.4) is 0 Å². The van der Waals surface area contributed by atoms with E-state index in [1.807, 2.05) is 36.4 Å². The Morgan fingerprint density at radius 3 is 2.46 bits per heavy atom. The maximum Gasteiger partial charge on any atom is 0.224 e. The summed E-state index contributed by atoms with van der Waals surface area (Å²) in [5.41, 5.74) is 4.90. The summed E-state index contributed by atoms with van der Waals surface area (Å²) < 4.78 is 0. The van der Waals surface area contributed by atoms with Crippen LogP contribution in [0, 0.1) is 0 Å². The van der Waals surface area contributed by atoms with Crippen LogP contribution < -0.4 is 15.5 Å². The highest BCUT2D eigenvalue weighted by Crippen LogP contribution is 2.20. The number of hydrogen-bond donors (Lipinski definition) is 3. The van der Waals surface area contributed by atoms with Gasteiger partial charge in [-0.3, -0.25) is 4.79 Å². The van der Waals surface area contributed by atoms with Crippen LogP contribution in [0.5, 0.6) is 0 Å². The van der Waals surface area contributed by atoms with E-state index in [-0.39, 0.29) is 5.91 Å². The molecule has 0 spiro atoms. The molecule has 3 aromatic rings. The summed E-state index contributed by atoms with van der Waals surface area (Å²) in [5.74, 6) is 0.814. The molecule has 1 heterocycles. The van der Waals surface area contributed by atoms with Crippen LogP contribution >= 0.6 is 23.2 Å². The Morgan fingerprint density at radius 2 is 1.79 bits per heavy atom. The summed E-state index contributed by atoms with van der Waals surface area (Å²) in [6.45, 7) is 8.66. The number of aliphatic hydroxyl groups excluding tert-OH is 1. The molecule has 0 radical (unpaired) electrons. The lowest BCUT2D eigenvalue weighted by atomic mass is 10.1. The van der Waals surface area contributed by atoms with E-state index < -0.39 is 6.10 Å². The molecule has 2 aromatic carbocycles. The van der Waals surface area contributed by atoms with Crippen molar-refractivity contribution in [3.05, 3.63) is 105 Å². The first-order chi connectivity index (χ1) is 18.8. The molecule has 0 aliphatic heterocycles. The molecule has 0 fully saturated rings. The van der Waals surface area contributed by atoms with Crippen molar-refractivity contribution in [3.63, 3.8) is 0 Å². The molecular weight excluding hydrogens is 531 g/mol. The number of amides is 1. The Morgan fingerprint density at radius 1 is 1.05 bits per heavy atom. The summed E-state index contributed by atoms with van der Waals surface area (Å²) in [7, 11) is 0. The largest absolute Gasteiger partial charge is 0.387 e. The van der Waals surface area contributed by atoms with Crippen molar-refractivity contribution in [2.45, 2.75) is 52.7 Å². The van der Waals surface area contributed by atoms with E-state index in [9.17, 15) is 9.90 Å². The minimum absolute atomic E-state index is 0.0669. The summed E-state index contributed by atoms with van der Waals surface area (Å²) in [6.07, 6.45) is 5.35. The van der Waals surface area contributed by atoms with Crippen LogP contribution in [-0.2, 0) is 24.2 Å². The van der Waals surface area contributed by atoms with Gasteiger partial charge in [0.15, 0.2) is 0 Å². The van der Waals surface area contributed by atoms with Gasteiger partial charge in [-0.05, 0) is 74.2 Å². The number of carbonyl (C=O) groups is 1. The lowest BCUT2D eigenvalue weighted by Gasteiger charge is -2.23. The fraction of sp³-hybridized carbons (Fsp3) is 0.355. The number of aliphatic hydroxyl groups is 1. The second kappa shape index (κ2) is 15.6. The predicted octanol–water partition coefficient (Wildman–Crippen LogP) is 6.25. The zero-order valence-electron chi connectivity index (χ0n) is 22.9. The van der Waals surface area contributed by atoms with Gasteiger partial charge < -0.3 is 20.6 Å². The molecule has 8 heteroatoms. The third-order valence-electron chi connectivity index (χ3n) is 6.37. The molecule has 0 aliphatic rings. The maximum absolute atomic E-state index is 12.4. The SMILES string of the molecule is CC/C=C(/C)N(CC)c1ccc(C(O)CNCCc2cccc(CC(=O)NCc3cc(Cl)cc(Cl)c3)c2)cn1. The molecule has 0 aliphatic carbocycles. The lowest BCUT2D eigenvalue weighted by Crippen LogP contribution is -2.25. The molecule has 1 aromatic heterocycles. The minimum atomic E-state index is -0.640. The number of pyridine rings is 1. The number of rotatable bonds is 14. The second-order valence-corrected chi connectivity index (χ2v) is 10.3. The Kier molecular flexibility index (Phi) is 12.3. The summed E-state index contributed by atoms with van der Waals surface area (Å²) in [6, 6.07) is 17.1. The Balaban J connectivity index is 1.43. The number of benzene rings is 2. The van der Waals surface area contributed by atoms with Gasteiger partial charge in [0, 0.05) is 47.1 Å². The highest BCUT2D eigenvalue weighted by molar-refractivity contribution is 6.34. The first-order valence-electron chi connectivity index (χ1n) is 13.4. The Hall–Kier alpha value is -2.90. The van der Waals surface area contributed by atoms with E-state index in [1.54, 1.807) is 24.4 Å². The molecule has 0 saturated carbocycles. The van der Waals surface area contributed by atoms with Crippen molar-refractivity contribution >= 4 is 34.9 Å². The number of halogens is 2. The fourth-order valence-corrected chi connectivity index (χ4v) is 4.97. The van der Waals surface area contributed by atoms with Crippen LogP contribution in [0.15, 0.2) is 72.6 Å². The van der Waals surface area contributed by atoms with Gasteiger partial charge in [-0.1, -0.05) is 66.5 Å². The number of hydrogen-bond acceptors (Lipinski definition) is 5. The molecule has 1 atom stereocenters. The third-order valence-corrected chi connectivity index (χ3v) is 6.81. The molecule has 1 amide bonds. The smallest absolute Gasteiger partial charge is 0.224 e.